The monoisotopic (exact) mass is 239 g/mol. The molecule has 0 aliphatic carbocycles. The van der Waals surface area contributed by atoms with Crippen molar-refractivity contribution in [2.45, 2.75) is 33.2 Å². The van der Waals surface area contributed by atoms with Crippen molar-refractivity contribution in [3.8, 4) is 0 Å². The molecule has 0 saturated carbocycles. The molecule has 1 N–H and O–H groups in total. The van der Waals surface area contributed by atoms with Crippen LogP contribution in [-0.2, 0) is 22.5 Å². The minimum Gasteiger partial charge on any atom is -0.375 e. The summed E-state index contributed by atoms with van der Waals surface area (Å²) in [6, 6.07) is 0. The number of amides is 1. The van der Waals surface area contributed by atoms with Crippen molar-refractivity contribution in [1.29, 1.82) is 0 Å². The fourth-order valence-corrected chi connectivity index (χ4v) is 1.74. The number of rotatable bonds is 7. The van der Waals surface area contributed by atoms with Crippen molar-refractivity contribution in [3.63, 3.8) is 0 Å². The molecule has 0 bridgehead atoms. The average Bonchev–Trinajstić information content (AvgIpc) is 2.62. The number of aromatic nitrogens is 2. The predicted molar refractivity (Wildman–Crippen MR) is 65.8 cm³/mol. The highest BCUT2D eigenvalue weighted by Gasteiger charge is 2.06. The van der Waals surface area contributed by atoms with Gasteiger partial charge in [-0.25, -0.2) is 4.98 Å². The molecule has 0 spiro atoms. The Balaban J connectivity index is 2.43. The summed E-state index contributed by atoms with van der Waals surface area (Å²) in [5.74, 6) is 0.944. The maximum Gasteiger partial charge on any atom is 0.245 e. The molecule has 0 saturated heterocycles. The summed E-state index contributed by atoms with van der Waals surface area (Å²) >= 11 is 0. The molecule has 1 rings (SSSR count). The van der Waals surface area contributed by atoms with Crippen LogP contribution in [0, 0.1) is 6.92 Å². The summed E-state index contributed by atoms with van der Waals surface area (Å²) in [5.41, 5.74) is 1.17. The molecule has 5 nitrogen and oxygen atoms in total. The van der Waals surface area contributed by atoms with E-state index in [1.54, 1.807) is 0 Å². The van der Waals surface area contributed by atoms with Crippen LogP contribution in [0.25, 0.3) is 0 Å². The number of imidazole rings is 1. The van der Waals surface area contributed by atoms with Crippen molar-refractivity contribution in [2.75, 3.05) is 20.3 Å². The maximum absolute atomic E-state index is 11.2. The van der Waals surface area contributed by atoms with Gasteiger partial charge in [0.25, 0.3) is 0 Å². The number of hydrogen-bond acceptors (Lipinski definition) is 3. The molecule has 1 aromatic heterocycles. The smallest absolute Gasteiger partial charge is 0.245 e. The summed E-state index contributed by atoms with van der Waals surface area (Å²) in [4.78, 5) is 15.5. The number of carbonyl (C=O) groups is 1. The minimum absolute atomic E-state index is 0.0854. The molecule has 0 aromatic carbocycles. The highest BCUT2D eigenvalue weighted by atomic mass is 16.5. The Morgan fingerprint density at radius 1 is 1.59 bits per heavy atom. The lowest BCUT2D eigenvalue weighted by Gasteiger charge is -2.09. The molecule has 17 heavy (non-hydrogen) atoms. The minimum atomic E-state index is -0.0854. The first kappa shape index (κ1) is 13.7. The zero-order chi connectivity index (χ0) is 12.7. The van der Waals surface area contributed by atoms with Crippen LogP contribution in [-0.4, -0.2) is 35.7 Å². The van der Waals surface area contributed by atoms with Crippen LogP contribution >= 0.6 is 0 Å². The fourth-order valence-electron chi connectivity index (χ4n) is 1.74. The molecule has 0 radical (unpaired) electrons. The Morgan fingerprint density at radius 2 is 2.35 bits per heavy atom. The normalized spacial score (nSPS) is 10.5. The van der Waals surface area contributed by atoms with Gasteiger partial charge >= 0.3 is 0 Å². The number of nitrogens with zero attached hydrogens (tertiary/aromatic N) is 2. The summed E-state index contributed by atoms with van der Waals surface area (Å²) in [6.07, 6.45) is 3.71. The van der Waals surface area contributed by atoms with E-state index in [-0.39, 0.29) is 12.5 Å². The second-order valence-corrected chi connectivity index (χ2v) is 4.00. The average molecular weight is 239 g/mol. The van der Waals surface area contributed by atoms with E-state index in [9.17, 15) is 4.79 Å². The highest BCUT2D eigenvalue weighted by Crippen LogP contribution is 2.05. The molecule has 5 heteroatoms. The third-order valence-corrected chi connectivity index (χ3v) is 2.53. The Morgan fingerprint density at radius 3 is 3.00 bits per heavy atom. The van der Waals surface area contributed by atoms with Crippen LogP contribution in [0.15, 0.2) is 6.20 Å². The van der Waals surface area contributed by atoms with Gasteiger partial charge in [0.05, 0.1) is 0 Å². The van der Waals surface area contributed by atoms with E-state index in [0.717, 1.165) is 25.2 Å². The molecular weight excluding hydrogens is 218 g/mol. The first-order valence-corrected chi connectivity index (χ1v) is 5.95. The predicted octanol–water partition coefficient (Wildman–Crippen LogP) is 0.907. The molecule has 0 aliphatic rings. The molecular formula is C12H21N3O2. The molecule has 0 unspecified atom stereocenters. The molecule has 96 valence electrons. The second kappa shape index (κ2) is 7.06. The Kier molecular flexibility index (Phi) is 5.69. The number of aryl methyl sites for hydroxylation is 1. The van der Waals surface area contributed by atoms with Gasteiger partial charge in [0.2, 0.25) is 5.91 Å². The molecule has 1 heterocycles. The summed E-state index contributed by atoms with van der Waals surface area (Å²) in [7, 11) is 1.51. The summed E-state index contributed by atoms with van der Waals surface area (Å²) < 4.78 is 6.94. The van der Waals surface area contributed by atoms with Crippen molar-refractivity contribution in [1.82, 2.24) is 14.9 Å². The van der Waals surface area contributed by atoms with Gasteiger partial charge in [-0.2, -0.15) is 0 Å². The number of ether oxygens (including phenoxy) is 1. The van der Waals surface area contributed by atoms with E-state index in [1.165, 1.54) is 12.8 Å². The third kappa shape index (κ3) is 4.19. The van der Waals surface area contributed by atoms with Gasteiger partial charge in [0.15, 0.2) is 0 Å². The van der Waals surface area contributed by atoms with Gasteiger partial charge in [0, 0.05) is 38.5 Å². The quantitative estimate of drug-likeness (QED) is 0.769. The second-order valence-electron chi connectivity index (χ2n) is 4.00. The zero-order valence-electron chi connectivity index (χ0n) is 10.8. The molecule has 0 fully saturated rings. The van der Waals surface area contributed by atoms with E-state index in [4.69, 9.17) is 4.74 Å². The molecule has 0 atom stereocenters. The maximum atomic E-state index is 11.2. The Bertz CT molecular complexity index is 361. The number of carbonyl (C=O) groups excluding carboxylic acids is 1. The molecule has 1 amide bonds. The Hall–Kier alpha value is -1.36. The van der Waals surface area contributed by atoms with Crippen LogP contribution < -0.4 is 5.32 Å². The van der Waals surface area contributed by atoms with Crippen molar-refractivity contribution in [2.24, 2.45) is 0 Å². The molecule has 0 aliphatic heterocycles. The lowest BCUT2D eigenvalue weighted by atomic mass is 10.3. The zero-order valence-corrected chi connectivity index (χ0v) is 10.8. The standard InChI is InChI=1S/C12H21N3O2/c1-4-7-15-10(2)8-14-11(15)5-6-13-12(16)9-17-3/h8H,4-7,9H2,1-3H3,(H,13,16). The van der Waals surface area contributed by atoms with Crippen LogP contribution in [0.1, 0.15) is 24.9 Å². The largest absolute Gasteiger partial charge is 0.375 e. The third-order valence-electron chi connectivity index (χ3n) is 2.53. The van der Waals surface area contributed by atoms with Crippen molar-refractivity contribution >= 4 is 5.91 Å². The van der Waals surface area contributed by atoms with Gasteiger partial charge in [-0.1, -0.05) is 6.92 Å². The topological polar surface area (TPSA) is 56.2 Å². The highest BCUT2D eigenvalue weighted by molar-refractivity contribution is 5.77. The van der Waals surface area contributed by atoms with E-state index in [1.807, 2.05) is 6.20 Å². The lowest BCUT2D eigenvalue weighted by molar-refractivity contribution is -0.124. The first-order valence-electron chi connectivity index (χ1n) is 5.95. The van der Waals surface area contributed by atoms with Crippen LogP contribution in [0.2, 0.25) is 0 Å². The van der Waals surface area contributed by atoms with Crippen molar-refractivity contribution < 1.29 is 9.53 Å². The van der Waals surface area contributed by atoms with Gasteiger partial charge in [-0.3, -0.25) is 4.79 Å². The van der Waals surface area contributed by atoms with Gasteiger partial charge in [0.1, 0.15) is 12.4 Å². The summed E-state index contributed by atoms with van der Waals surface area (Å²) in [6.45, 7) is 5.89. The molecule has 1 aromatic rings. The van der Waals surface area contributed by atoms with Crippen LogP contribution in [0.3, 0.4) is 0 Å². The number of hydrogen-bond donors (Lipinski definition) is 1. The van der Waals surface area contributed by atoms with E-state index >= 15 is 0 Å². The van der Waals surface area contributed by atoms with Gasteiger partial charge in [-0.15, -0.1) is 0 Å². The number of nitrogens with one attached hydrogen (secondary N) is 1. The van der Waals surface area contributed by atoms with Crippen LogP contribution in [0.4, 0.5) is 0 Å². The Labute approximate surface area is 102 Å². The lowest BCUT2D eigenvalue weighted by Crippen LogP contribution is -2.29. The number of methoxy groups -OCH3 is 1. The van der Waals surface area contributed by atoms with Crippen LogP contribution in [0.5, 0.6) is 0 Å². The van der Waals surface area contributed by atoms with E-state index < -0.39 is 0 Å². The summed E-state index contributed by atoms with van der Waals surface area (Å²) in [5, 5.41) is 2.79. The first-order chi connectivity index (χ1) is 8.19. The van der Waals surface area contributed by atoms with Crippen molar-refractivity contribution in [3.05, 3.63) is 17.7 Å². The van der Waals surface area contributed by atoms with Gasteiger partial charge in [-0.05, 0) is 13.3 Å². The van der Waals surface area contributed by atoms with E-state index in [2.05, 4.69) is 28.7 Å². The van der Waals surface area contributed by atoms with E-state index in [0.29, 0.717) is 6.54 Å². The SMILES string of the molecule is CCCn1c(C)cnc1CCNC(=O)COC. The fraction of sp³-hybridized carbons (Fsp3) is 0.667. The van der Waals surface area contributed by atoms with Gasteiger partial charge < -0.3 is 14.6 Å².